The summed E-state index contributed by atoms with van der Waals surface area (Å²) in [5, 5.41) is 3.90. The topological polar surface area (TPSA) is 59.5 Å². The van der Waals surface area contributed by atoms with Crippen molar-refractivity contribution in [3.8, 4) is 11.6 Å². The summed E-state index contributed by atoms with van der Waals surface area (Å²) in [5.41, 5.74) is 5.60. The number of nitrogens with one attached hydrogen (secondary N) is 1. The van der Waals surface area contributed by atoms with Crippen LogP contribution in [0.2, 0.25) is 0 Å². The molecule has 28 heavy (non-hydrogen) atoms. The summed E-state index contributed by atoms with van der Waals surface area (Å²) in [6, 6.07) is 3.34. The lowest BCUT2D eigenvalue weighted by Crippen LogP contribution is -2.40. The molecule has 150 valence electrons. The largest absolute Gasteiger partial charge is 0.491 e. The van der Waals surface area contributed by atoms with Gasteiger partial charge in [-0.2, -0.15) is 0 Å². The zero-order chi connectivity index (χ0) is 19.1. The smallest absolute Gasteiger partial charge is 0.257 e. The number of ether oxygens (including phenoxy) is 2. The van der Waals surface area contributed by atoms with Gasteiger partial charge in [0.15, 0.2) is 5.75 Å². The van der Waals surface area contributed by atoms with Crippen molar-refractivity contribution in [2.24, 2.45) is 0 Å². The Balaban J connectivity index is 1.51. The van der Waals surface area contributed by atoms with Gasteiger partial charge < -0.3 is 19.7 Å². The van der Waals surface area contributed by atoms with Crippen molar-refractivity contribution in [2.75, 3.05) is 32.6 Å². The number of hydrogen-bond donors (Lipinski definition) is 1. The molecule has 0 bridgehead atoms. The molecule has 1 N–H and O–H groups in total. The van der Waals surface area contributed by atoms with Gasteiger partial charge in [-0.05, 0) is 56.9 Å². The first-order valence-electron chi connectivity index (χ1n) is 10.7. The van der Waals surface area contributed by atoms with Crippen molar-refractivity contribution in [3.63, 3.8) is 0 Å². The summed E-state index contributed by atoms with van der Waals surface area (Å²) in [7, 11) is 3.29. The second kappa shape index (κ2) is 7.39. The van der Waals surface area contributed by atoms with Crippen LogP contribution in [0.5, 0.6) is 11.6 Å². The van der Waals surface area contributed by atoms with Gasteiger partial charge >= 0.3 is 0 Å². The molecule has 6 nitrogen and oxygen atoms in total. The monoisotopic (exact) mass is 382 g/mol. The van der Waals surface area contributed by atoms with Crippen LogP contribution in [0.4, 0.5) is 5.69 Å². The molecule has 0 spiro atoms. The molecule has 3 aliphatic rings. The van der Waals surface area contributed by atoms with E-state index in [4.69, 9.17) is 19.4 Å². The fourth-order valence-electron chi connectivity index (χ4n) is 4.81. The lowest BCUT2D eigenvalue weighted by molar-refractivity contribution is 0.210. The van der Waals surface area contributed by atoms with Crippen LogP contribution >= 0.6 is 0 Å². The number of nitrogens with zero attached hydrogens (tertiary/aromatic N) is 3. The molecule has 5 rings (SSSR count). The molecule has 0 amide bonds. The normalized spacial score (nSPS) is 20.8. The second-order valence-electron chi connectivity index (χ2n) is 8.37. The van der Waals surface area contributed by atoms with E-state index >= 15 is 0 Å². The van der Waals surface area contributed by atoms with Crippen molar-refractivity contribution in [1.29, 1.82) is 0 Å². The van der Waals surface area contributed by atoms with Gasteiger partial charge in [0.1, 0.15) is 5.52 Å². The lowest BCUT2D eigenvalue weighted by atomic mass is 9.93. The fraction of sp³-hybridized carbons (Fsp3) is 0.636. The third-order valence-electron chi connectivity index (χ3n) is 6.52. The van der Waals surface area contributed by atoms with Crippen LogP contribution in [0.15, 0.2) is 6.07 Å². The van der Waals surface area contributed by atoms with Crippen LogP contribution in [0.3, 0.4) is 0 Å². The number of fused-ring (bicyclic) bond motifs is 2. The van der Waals surface area contributed by atoms with E-state index in [0.717, 1.165) is 29.9 Å². The van der Waals surface area contributed by atoms with Crippen LogP contribution in [0, 0.1) is 0 Å². The van der Waals surface area contributed by atoms with Gasteiger partial charge in [-0.3, -0.25) is 4.98 Å². The zero-order valence-electron chi connectivity index (χ0n) is 17.0. The van der Waals surface area contributed by atoms with Crippen LogP contribution < -0.4 is 14.8 Å². The molecule has 0 radical (unpaired) electrons. The third-order valence-corrected chi connectivity index (χ3v) is 6.52. The van der Waals surface area contributed by atoms with E-state index in [1.54, 1.807) is 14.2 Å². The average molecular weight is 383 g/mol. The van der Waals surface area contributed by atoms with Gasteiger partial charge in [-0.15, -0.1) is 0 Å². The van der Waals surface area contributed by atoms with Crippen LogP contribution in [0.1, 0.15) is 49.8 Å². The number of anilines is 1. The van der Waals surface area contributed by atoms with Gasteiger partial charge in [0.2, 0.25) is 0 Å². The van der Waals surface area contributed by atoms with Crippen molar-refractivity contribution in [2.45, 2.75) is 63.5 Å². The molecule has 0 aromatic carbocycles. The van der Waals surface area contributed by atoms with Gasteiger partial charge in [0.25, 0.3) is 5.88 Å². The van der Waals surface area contributed by atoms with Gasteiger partial charge in [0, 0.05) is 36.9 Å². The highest BCUT2D eigenvalue weighted by molar-refractivity contribution is 5.91. The molecule has 3 heterocycles. The van der Waals surface area contributed by atoms with Gasteiger partial charge in [-0.1, -0.05) is 0 Å². The Kier molecular flexibility index (Phi) is 4.75. The molecular formula is C22H30N4O2. The van der Waals surface area contributed by atoms with Crippen molar-refractivity contribution in [1.82, 2.24) is 14.9 Å². The molecule has 2 aromatic heterocycles. The Morgan fingerprint density at radius 1 is 1.00 bits per heavy atom. The minimum Gasteiger partial charge on any atom is -0.491 e. The molecule has 1 saturated heterocycles. The number of pyridine rings is 2. The summed E-state index contributed by atoms with van der Waals surface area (Å²) in [4.78, 5) is 12.4. The maximum absolute atomic E-state index is 5.48. The lowest BCUT2D eigenvalue weighted by Gasteiger charge is -2.34. The number of hydrogen-bond acceptors (Lipinski definition) is 6. The third kappa shape index (κ3) is 3.28. The van der Waals surface area contributed by atoms with E-state index in [0.29, 0.717) is 17.7 Å². The summed E-state index contributed by atoms with van der Waals surface area (Å²) < 4.78 is 10.9. The molecule has 0 unspecified atom stereocenters. The maximum Gasteiger partial charge on any atom is 0.257 e. The number of likely N-dealkylation sites (tertiary alicyclic amines) is 1. The summed E-state index contributed by atoms with van der Waals surface area (Å²) in [6.07, 6.45) is 9.75. The SMILES string of the molecule is COc1cc2nc3c(c(NC4CCN(C5CC5)CC4)c2nc1OC)CCCC3. The summed E-state index contributed by atoms with van der Waals surface area (Å²) in [5.74, 6) is 1.17. The Morgan fingerprint density at radius 3 is 2.50 bits per heavy atom. The van der Waals surface area contributed by atoms with E-state index in [1.807, 2.05) is 6.07 Å². The van der Waals surface area contributed by atoms with Crippen molar-refractivity contribution < 1.29 is 9.47 Å². The standard InChI is InChI=1S/C22H30N4O2/c1-27-19-13-18-21(25-22(19)28-2)20(16-5-3-4-6-17(16)24-18)23-14-9-11-26(12-10-14)15-7-8-15/h13-15H,3-12H2,1-2H3,(H,23,24). The molecule has 2 aliphatic carbocycles. The number of rotatable bonds is 5. The van der Waals surface area contributed by atoms with Crippen LogP contribution in [0.25, 0.3) is 11.0 Å². The fourth-order valence-corrected chi connectivity index (χ4v) is 4.81. The quantitative estimate of drug-likeness (QED) is 0.853. The second-order valence-corrected chi connectivity index (χ2v) is 8.37. The summed E-state index contributed by atoms with van der Waals surface area (Å²) in [6.45, 7) is 2.41. The Hall–Kier alpha value is -2.08. The molecule has 1 saturated carbocycles. The highest BCUT2D eigenvalue weighted by Crippen LogP contribution is 2.38. The zero-order valence-corrected chi connectivity index (χ0v) is 17.0. The molecule has 6 heteroatoms. The van der Waals surface area contributed by atoms with Gasteiger partial charge in [0.05, 0.1) is 25.4 Å². The average Bonchev–Trinajstić information content (AvgIpc) is 3.58. The van der Waals surface area contributed by atoms with E-state index in [-0.39, 0.29) is 0 Å². The molecule has 0 atom stereocenters. The van der Waals surface area contributed by atoms with Crippen molar-refractivity contribution in [3.05, 3.63) is 17.3 Å². The highest BCUT2D eigenvalue weighted by atomic mass is 16.5. The van der Waals surface area contributed by atoms with E-state index in [2.05, 4.69) is 10.2 Å². The minimum atomic E-state index is 0.501. The number of piperidine rings is 1. The molecule has 1 aliphatic heterocycles. The number of aryl methyl sites for hydroxylation is 1. The first-order valence-corrected chi connectivity index (χ1v) is 10.7. The van der Waals surface area contributed by atoms with E-state index < -0.39 is 0 Å². The number of methoxy groups -OCH3 is 2. The van der Waals surface area contributed by atoms with Gasteiger partial charge in [-0.25, -0.2) is 4.98 Å². The Labute approximate surface area is 166 Å². The number of aromatic nitrogens is 2. The molecular weight excluding hydrogens is 352 g/mol. The predicted molar refractivity (Wildman–Crippen MR) is 111 cm³/mol. The highest BCUT2D eigenvalue weighted by Gasteiger charge is 2.32. The van der Waals surface area contributed by atoms with E-state index in [9.17, 15) is 0 Å². The Morgan fingerprint density at radius 2 is 1.79 bits per heavy atom. The maximum atomic E-state index is 5.48. The first-order chi connectivity index (χ1) is 13.8. The summed E-state index contributed by atoms with van der Waals surface area (Å²) >= 11 is 0. The first kappa shape index (κ1) is 18.0. The van der Waals surface area contributed by atoms with E-state index in [1.165, 1.54) is 68.6 Å². The van der Waals surface area contributed by atoms with Crippen LogP contribution in [-0.2, 0) is 12.8 Å². The van der Waals surface area contributed by atoms with Crippen molar-refractivity contribution >= 4 is 16.7 Å². The molecule has 2 aromatic rings. The minimum absolute atomic E-state index is 0.501. The Bertz CT molecular complexity index is 867. The predicted octanol–water partition coefficient (Wildman–Crippen LogP) is 3.56. The molecule has 2 fully saturated rings. The van der Waals surface area contributed by atoms with Crippen LogP contribution in [-0.4, -0.2) is 54.3 Å².